The molecular weight excluding hydrogens is 427 g/mol. The van der Waals surface area contributed by atoms with Gasteiger partial charge in [0.05, 0.1) is 7.11 Å². The second kappa shape index (κ2) is 11.5. The van der Waals surface area contributed by atoms with Crippen molar-refractivity contribution in [3.63, 3.8) is 0 Å². The fraction of sp³-hybridized carbons (Fsp3) is 0.435. The van der Waals surface area contributed by atoms with Gasteiger partial charge in [-0.3, -0.25) is 4.79 Å². The third-order valence-corrected chi connectivity index (χ3v) is 5.15. The summed E-state index contributed by atoms with van der Waals surface area (Å²) in [5.41, 5.74) is 6.89. The van der Waals surface area contributed by atoms with E-state index in [1.807, 2.05) is 0 Å². The van der Waals surface area contributed by atoms with Crippen LogP contribution in [0, 0.1) is 19.7 Å². The van der Waals surface area contributed by atoms with E-state index in [2.05, 4.69) is 25.4 Å². The lowest BCUT2D eigenvalue weighted by Crippen LogP contribution is -2.24. The van der Waals surface area contributed by atoms with Gasteiger partial charge in [-0.15, -0.1) is 0 Å². The molecule has 4 rings (SSSR count). The number of nitrogens with zero attached hydrogens (tertiary/aromatic N) is 4. The first-order valence-corrected chi connectivity index (χ1v) is 10.9. The first kappa shape index (κ1) is 24.2. The van der Waals surface area contributed by atoms with Gasteiger partial charge in [-0.25, -0.2) is 14.4 Å². The molecule has 0 saturated heterocycles. The molecule has 0 radical (unpaired) electrons. The minimum atomic E-state index is -0.464. The standard InChI is InChI=1S/C17H16FN5O3.C6H13N/c1-9-20-13(16-22-10(2)26-23-16)7-14(21-9)17(24)19-8-11-4-5-12(18)15(6-11)25-3;7-6-4-2-1-3-5-6/h4-7H,8H2,1-3H3,(H,19,24);6H,1-5,7H2. The SMILES string of the molecule is COc1cc(CNC(=O)c2cc(-c3noc(C)n3)nc(C)n2)ccc1F.NC1CCCCC1. The van der Waals surface area contributed by atoms with Gasteiger partial charge in [0, 0.05) is 19.5 Å². The van der Waals surface area contributed by atoms with E-state index in [0.29, 0.717) is 29.0 Å². The zero-order valence-electron chi connectivity index (χ0n) is 19.1. The average molecular weight is 457 g/mol. The van der Waals surface area contributed by atoms with Gasteiger partial charge in [-0.1, -0.05) is 30.5 Å². The second-order valence-electron chi connectivity index (χ2n) is 7.87. The van der Waals surface area contributed by atoms with Crippen LogP contribution in [-0.4, -0.2) is 39.2 Å². The van der Waals surface area contributed by atoms with E-state index in [4.69, 9.17) is 15.0 Å². The van der Waals surface area contributed by atoms with Crippen molar-refractivity contribution in [1.82, 2.24) is 25.4 Å². The largest absolute Gasteiger partial charge is 0.494 e. The summed E-state index contributed by atoms with van der Waals surface area (Å²) in [7, 11) is 1.38. The predicted molar refractivity (Wildman–Crippen MR) is 120 cm³/mol. The van der Waals surface area contributed by atoms with Crippen molar-refractivity contribution in [3.8, 4) is 17.3 Å². The molecule has 10 heteroatoms. The lowest BCUT2D eigenvalue weighted by Gasteiger charge is -2.15. The number of methoxy groups -OCH3 is 1. The molecule has 0 unspecified atom stereocenters. The molecule has 0 aliphatic heterocycles. The van der Waals surface area contributed by atoms with Crippen LogP contribution in [0.25, 0.3) is 11.5 Å². The number of rotatable bonds is 5. The van der Waals surface area contributed by atoms with Crippen molar-refractivity contribution in [1.29, 1.82) is 0 Å². The zero-order chi connectivity index (χ0) is 23.8. The highest BCUT2D eigenvalue weighted by molar-refractivity contribution is 5.93. The van der Waals surface area contributed by atoms with E-state index in [1.54, 1.807) is 19.9 Å². The molecule has 2 heterocycles. The minimum Gasteiger partial charge on any atom is -0.494 e. The van der Waals surface area contributed by atoms with Crippen LogP contribution in [0.3, 0.4) is 0 Å². The van der Waals surface area contributed by atoms with Crippen LogP contribution >= 0.6 is 0 Å². The molecule has 1 amide bonds. The number of carbonyl (C=O) groups is 1. The lowest BCUT2D eigenvalue weighted by atomic mass is 9.97. The van der Waals surface area contributed by atoms with Gasteiger partial charge in [-0.05, 0) is 43.5 Å². The monoisotopic (exact) mass is 456 g/mol. The number of benzene rings is 1. The maximum atomic E-state index is 13.4. The Kier molecular flexibility index (Phi) is 8.42. The number of halogens is 1. The van der Waals surface area contributed by atoms with E-state index in [-0.39, 0.29) is 23.8 Å². The Labute approximate surface area is 192 Å². The summed E-state index contributed by atoms with van der Waals surface area (Å²) in [5.74, 6) is 0.329. The van der Waals surface area contributed by atoms with Crippen molar-refractivity contribution < 1.29 is 18.4 Å². The van der Waals surface area contributed by atoms with E-state index in [9.17, 15) is 9.18 Å². The Morgan fingerprint density at radius 3 is 2.55 bits per heavy atom. The summed E-state index contributed by atoms with van der Waals surface area (Å²) in [4.78, 5) is 24.9. The first-order valence-electron chi connectivity index (χ1n) is 10.9. The molecule has 1 fully saturated rings. The Morgan fingerprint density at radius 1 is 1.18 bits per heavy atom. The van der Waals surface area contributed by atoms with E-state index < -0.39 is 11.7 Å². The number of ether oxygens (including phenoxy) is 1. The summed E-state index contributed by atoms with van der Waals surface area (Å²) in [6, 6.07) is 6.39. The molecule has 3 aromatic rings. The highest BCUT2D eigenvalue weighted by Gasteiger charge is 2.15. The van der Waals surface area contributed by atoms with Gasteiger partial charge in [-0.2, -0.15) is 4.98 Å². The maximum absolute atomic E-state index is 13.4. The van der Waals surface area contributed by atoms with Crippen LogP contribution < -0.4 is 15.8 Å². The first-order chi connectivity index (χ1) is 15.9. The summed E-state index contributed by atoms with van der Waals surface area (Å²) >= 11 is 0. The number of hydrogen-bond donors (Lipinski definition) is 2. The highest BCUT2D eigenvalue weighted by Crippen LogP contribution is 2.19. The number of aromatic nitrogens is 4. The van der Waals surface area contributed by atoms with Crippen LogP contribution in [0.2, 0.25) is 0 Å². The molecule has 1 aromatic carbocycles. The summed E-state index contributed by atoms with van der Waals surface area (Å²) < 4.78 is 23.3. The lowest BCUT2D eigenvalue weighted by molar-refractivity contribution is 0.0945. The maximum Gasteiger partial charge on any atom is 0.270 e. The van der Waals surface area contributed by atoms with Crippen LogP contribution in [0.1, 0.15) is 59.9 Å². The number of carbonyl (C=O) groups excluding carboxylic acids is 1. The van der Waals surface area contributed by atoms with Crippen molar-refractivity contribution in [2.45, 2.75) is 58.5 Å². The summed E-state index contributed by atoms with van der Waals surface area (Å²) in [5, 5.41) is 6.52. The smallest absolute Gasteiger partial charge is 0.270 e. The molecule has 0 bridgehead atoms. The quantitative estimate of drug-likeness (QED) is 0.597. The fourth-order valence-corrected chi connectivity index (χ4v) is 3.42. The van der Waals surface area contributed by atoms with E-state index in [1.165, 1.54) is 57.4 Å². The van der Waals surface area contributed by atoms with E-state index in [0.717, 1.165) is 0 Å². The summed E-state index contributed by atoms with van der Waals surface area (Å²) in [6.07, 6.45) is 6.66. The van der Waals surface area contributed by atoms with Crippen LogP contribution in [0.4, 0.5) is 4.39 Å². The Morgan fingerprint density at radius 2 is 1.94 bits per heavy atom. The van der Waals surface area contributed by atoms with Crippen LogP contribution in [0.5, 0.6) is 5.75 Å². The number of amides is 1. The van der Waals surface area contributed by atoms with E-state index >= 15 is 0 Å². The number of aryl methyl sites for hydroxylation is 2. The molecule has 0 spiro atoms. The Balaban J connectivity index is 0.000000374. The van der Waals surface area contributed by atoms with Gasteiger partial charge in [0.1, 0.15) is 17.2 Å². The van der Waals surface area contributed by atoms with Crippen LogP contribution in [0.15, 0.2) is 28.8 Å². The van der Waals surface area contributed by atoms with Gasteiger partial charge in [0.15, 0.2) is 11.6 Å². The molecule has 33 heavy (non-hydrogen) atoms. The number of hydrogen-bond acceptors (Lipinski definition) is 8. The van der Waals surface area contributed by atoms with Crippen molar-refractivity contribution >= 4 is 5.91 Å². The second-order valence-corrected chi connectivity index (χ2v) is 7.87. The molecule has 1 saturated carbocycles. The molecule has 0 atom stereocenters. The molecule has 9 nitrogen and oxygen atoms in total. The number of nitrogens with two attached hydrogens (primary N) is 1. The number of nitrogens with one attached hydrogen (secondary N) is 1. The van der Waals surface area contributed by atoms with Crippen LogP contribution in [-0.2, 0) is 6.54 Å². The Hall–Kier alpha value is -3.40. The van der Waals surface area contributed by atoms with Gasteiger partial charge in [0.25, 0.3) is 5.91 Å². The van der Waals surface area contributed by atoms with Gasteiger partial charge >= 0.3 is 0 Å². The molecular formula is C23H29FN6O3. The third kappa shape index (κ3) is 7.04. The highest BCUT2D eigenvalue weighted by atomic mass is 19.1. The molecule has 176 valence electrons. The molecule has 1 aliphatic rings. The van der Waals surface area contributed by atoms with Crippen molar-refractivity contribution in [3.05, 3.63) is 53.1 Å². The normalized spacial score (nSPS) is 13.7. The zero-order valence-corrected chi connectivity index (χ0v) is 19.1. The topological polar surface area (TPSA) is 129 Å². The minimum absolute atomic E-state index is 0.115. The third-order valence-electron chi connectivity index (χ3n) is 5.15. The molecule has 2 aromatic heterocycles. The fourth-order valence-electron chi connectivity index (χ4n) is 3.42. The predicted octanol–water partition coefficient (Wildman–Crippen LogP) is 3.50. The van der Waals surface area contributed by atoms with Crippen molar-refractivity contribution in [2.75, 3.05) is 7.11 Å². The molecule has 1 aliphatic carbocycles. The van der Waals surface area contributed by atoms with Gasteiger partial charge < -0.3 is 20.3 Å². The average Bonchev–Trinajstić information content (AvgIpc) is 3.25. The summed E-state index contributed by atoms with van der Waals surface area (Å²) in [6.45, 7) is 3.52. The molecule has 3 N–H and O–H groups in total. The Bertz CT molecular complexity index is 1080. The van der Waals surface area contributed by atoms with Gasteiger partial charge in [0.2, 0.25) is 11.7 Å². The van der Waals surface area contributed by atoms with Crippen molar-refractivity contribution in [2.24, 2.45) is 5.73 Å².